The van der Waals surface area contributed by atoms with Gasteiger partial charge in [0.25, 0.3) is 0 Å². The molecular weight excluding hydrogens is 2090 g/mol. The van der Waals surface area contributed by atoms with Crippen molar-refractivity contribution in [2.45, 2.75) is 251 Å². The fourth-order valence-corrected chi connectivity index (χ4v) is 11.4. The first-order valence-electron chi connectivity index (χ1n) is 38.6. The van der Waals surface area contributed by atoms with Gasteiger partial charge in [0.05, 0.1) is 0 Å². The molecule has 15 radical (unpaired) electrons. The molecule has 8 aromatic carbocycles. The Labute approximate surface area is 843 Å². The maximum Gasteiger partial charge on any atom is 0.322 e. The first-order valence-corrected chi connectivity index (χ1v) is 50.8. The van der Waals surface area contributed by atoms with Crippen LogP contribution in [0, 0.1) is 38.5 Å². The number of aldehydes is 3. The van der Waals surface area contributed by atoms with Crippen LogP contribution >= 0.6 is 184 Å². The number of amides is 3. The number of aryl methyl sites for hydroxylation is 2. The van der Waals surface area contributed by atoms with E-state index >= 15 is 0 Å². The van der Waals surface area contributed by atoms with E-state index in [0.29, 0.717) is 0 Å². The number of rotatable bonds is 11. The zero-order valence-corrected chi connectivity index (χ0v) is 93.8. The number of thiol groups is 2. The summed E-state index contributed by atoms with van der Waals surface area (Å²) in [5, 5.41) is 4.44. The number of hydrogen-bond acceptors (Lipinski definition) is 15. The average Bonchev–Trinajstić information content (AvgIpc) is 1.80. The van der Waals surface area contributed by atoms with Crippen LogP contribution in [0.4, 0.5) is 10.5 Å². The second-order valence-electron chi connectivity index (χ2n) is 18.2. The molecule has 1 fully saturated rings. The van der Waals surface area contributed by atoms with Crippen LogP contribution in [0.5, 0.6) is 0 Å². The second-order valence-corrected chi connectivity index (χ2v) is 30.0. The van der Waals surface area contributed by atoms with Crippen molar-refractivity contribution in [2.75, 3.05) is 45.0 Å². The normalized spacial score (nSPS) is 8.76. The molecule has 0 bridgehead atoms. The Kier molecular flexibility index (Phi) is 185. The van der Waals surface area contributed by atoms with Crippen LogP contribution < -0.4 is 16.4 Å². The van der Waals surface area contributed by atoms with E-state index in [2.05, 4.69) is 328 Å². The first kappa shape index (κ1) is 160. The number of halogens is 4. The van der Waals surface area contributed by atoms with Crippen molar-refractivity contribution in [1.29, 1.82) is 0 Å². The van der Waals surface area contributed by atoms with Crippen molar-refractivity contribution in [3.05, 3.63) is 225 Å². The van der Waals surface area contributed by atoms with E-state index in [-0.39, 0.29) is 59.7 Å². The maximum absolute atomic E-state index is 10.4. The number of nitrogen functional groups attached to an aromatic ring is 1. The number of ether oxygens (including phenoxy) is 1. The molecule has 8 aromatic rings. The highest BCUT2D eigenvalue weighted by Gasteiger charge is 2.24. The number of thioether (sulfide) groups is 4. The number of terminal acetylenes is 1. The molecule has 1 heterocycles. The van der Waals surface area contributed by atoms with Crippen LogP contribution in [-0.2, 0) is 36.8 Å². The van der Waals surface area contributed by atoms with Gasteiger partial charge in [-0.15, -0.1) is 90.6 Å². The number of benzene rings is 8. The molecular formula is C94H155B5I4N3O6S8. The van der Waals surface area contributed by atoms with Crippen LogP contribution in [0.1, 0.15) is 215 Å². The number of carbonyl (C=O) groups excluding carboxylic acids is 5. The molecule has 0 aliphatic carbocycles. The smallest absolute Gasteiger partial charge is 0.322 e. The monoisotopic (exact) mass is 2240 g/mol. The third-order valence-corrected chi connectivity index (χ3v) is 19.2. The Hall–Kier alpha value is -3.37. The van der Waals surface area contributed by atoms with Gasteiger partial charge in [-0.25, -0.2) is 4.79 Å². The topological polar surface area (TPSA) is 145 Å². The largest absolute Gasteiger partial charge is 0.399 e. The fraction of sp³-hybridized carbons (Fsp3) is 0.394. The second kappa shape index (κ2) is 139. The Morgan fingerprint density at radius 1 is 0.425 bits per heavy atom. The minimum Gasteiger partial charge on any atom is -0.399 e. The number of urea groups is 1. The standard InChI is InChI=1S/C12H8I2S2.2C10H14S.C10H10S.C7H7IS.C6H5IS.C6H7NS.C4H6N2O2.C3H4.C2H6O.3C2H4O.9C2H6.5B.4H2/c13-9-1-5-11(6-2-9)15-16-12-7-3-10(14)4-8-12;3*1-3-4-9-5-7-10(11-2)8-6-9;1-9-7-4-2-6(8)3-5-7;2*7-5-1-3-6(8)4-2-5;1-2-3(7)6-4(8)5-2;2*1-3-2;3*1-2-3;9*1-2;;;;;;;;;/h1-8H;2*5-8H,3-4H2,1-2H3;5-8H,1-2H3;2-5H,1H3;1-4,8H;1-4,8H,7H2;2H,1H3,(H2,5,6,7,8);1H,2H3;1-2H3;3*2H,1H3;9*1-2H3;;;;;;4*1H/i;;;;;;;;;;;;;;;;;;;;;;;;;;;4*1+1. The van der Waals surface area contributed by atoms with Crippen LogP contribution in [0.25, 0.3) is 0 Å². The summed E-state index contributed by atoms with van der Waals surface area (Å²) in [6, 6.07) is 66.2. The number of nitrogens with one attached hydrogen (secondary N) is 2. The number of hydrogen-bond donors (Lipinski definition) is 5. The lowest BCUT2D eigenvalue weighted by atomic mass is 10.1. The van der Waals surface area contributed by atoms with E-state index < -0.39 is 6.03 Å². The zero-order chi connectivity index (χ0) is 92.0. The zero-order valence-electron chi connectivity index (χ0n) is 78.5. The van der Waals surface area contributed by atoms with Gasteiger partial charge in [-0.1, -0.05) is 203 Å². The molecule has 3 amide bonds. The van der Waals surface area contributed by atoms with Crippen molar-refractivity contribution in [3.63, 3.8) is 0 Å². The van der Waals surface area contributed by atoms with Gasteiger partial charge in [0, 0.05) is 127 Å². The summed E-state index contributed by atoms with van der Waals surface area (Å²) in [7, 11) is 6.85. The van der Waals surface area contributed by atoms with Crippen molar-refractivity contribution < 1.29 is 34.4 Å². The molecule has 673 valence electrons. The van der Waals surface area contributed by atoms with E-state index in [0.717, 1.165) is 39.9 Å². The van der Waals surface area contributed by atoms with E-state index in [1.165, 1.54) is 101 Å². The van der Waals surface area contributed by atoms with E-state index in [4.69, 9.17) is 20.1 Å². The van der Waals surface area contributed by atoms with E-state index in [1.54, 1.807) is 96.7 Å². The van der Waals surface area contributed by atoms with Gasteiger partial charge >= 0.3 is 6.03 Å². The molecule has 0 saturated carbocycles. The fourth-order valence-electron chi connectivity index (χ4n) is 6.06. The summed E-state index contributed by atoms with van der Waals surface area (Å²) >= 11 is 24.5. The molecule has 9 nitrogen and oxygen atoms in total. The molecule has 26 heteroatoms. The van der Waals surface area contributed by atoms with Crippen molar-refractivity contribution >= 4 is 263 Å². The lowest BCUT2D eigenvalue weighted by Crippen LogP contribution is -2.24. The van der Waals surface area contributed by atoms with Gasteiger partial charge in [0.15, 0.2) is 0 Å². The summed E-state index contributed by atoms with van der Waals surface area (Å²) in [5.74, 6) is 7.86. The highest BCUT2D eigenvalue weighted by atomic mass is 127. The van der Waals surface area contributed by atoms with Crippen molar-refractivity contribution in [2.24, 2.45) is 0 Å². The predicted molar refractivity (Wildman–Crippen MR) is 609 cm³/mol. The van der Waals surface area contributed by atoms with Crippen molar-refractivity contribution in [3.8, 4) is 24.2 Å². The highest BCUT2D eigenvalue weighted by molar-refractivity contribution is 14.1. The number of carbonyl (C=O) groups is 5. The van der Waals surface area contributed by atoms with Crippen LogP contribution in [-0.4, -0.2) is 118 Å². The van der Waals surface area contributed by atoms with Gasteiger partial charge in [0.2, 0.25) is 5.91 Å². The van der Waals surface area contributed by atoms with Gasteiger partial charge in [-0.05, 0) is 351 Å². The number of imide groups is 1. The minimum absolute atomic E-state index is 0. The van der Waals surface area contributed by atoms with E-state index in [9.17, 15) is 9.59 Å². The van der Waals surface area contributed by atoms with Gasteiger partial charge in [-0.3, -0.25) is 10.1 Å². The number of nitrogens with two attached hydrogens (primary N) is 1. The van der Waals surface area contributed by atoms with E-state index in [1.807, 2.05) is 192 Å². The molecule has 1 unspecified atom stereocenters. The van der Waals surface area contributed by atoms with Gasteiger partial charge in [-0.2, -0.15) is 0 Å². The van der Waals surface area contributed by atoms with Gasteiger partial charge in [0.1, 0.15) is 24.9 Å². The quantitative estimate of drug-likeness (QED) is 0.00965. The van der Waals surface area contributed by atoms with Crippen LogP contribution in [0.15, 0.2) is 233 Å². The SMILES string of the molecule is C#CC.CC.CC.CC.CC.CC.CC.CC.CC.CC.CC#Cc1ccc(SC)cc1.CC1NC(=O)NC1=O.CC=O.CC=O.CC=O.CCCc1ccc(SC)cc1.CCCc1ccc(SC)cc1.COC.CSc1ccc(I)cc1.Ic1ccc(SSc2ccc(I)cc2)cc1.Nc1ccc(S)cc1.Sc1ccc(I)cc1.[2HH].[2HH].[2HH].[2HH].[B].[B].[B].[B].[B]. The molecule has 1 aliphatic heterocycles. The predicted octanol–water partition coefficient (Wildman–Crippen LogP) is 31.4. The summed E-state index contributed by atoms with van der Waals surface area (Å²) in [6.45, 7) is 49.9. The third kappa shape index (κ3) is 121. The highest BCUT2D eigenvalue weighted by Crippen LogP contribution is 2.37. The van der Waals surface area contributed by atoms with Gasteiger partial charge < -0.3 is 30.2 Å². The Bertz CT molecular complexity index is 3210. The molecule has 1 atom stereocenters. The molecule has 9 rings (SSSR count). The molecule has 4 N–H and O–H groups in total. The molecule has 1 saturated heterocycles. The molecule has 0 aromatic heterocycles. The third-order valence-electron chi connectivity index (χ3n) is 10.4. The Balaban J connectivity index is -0.0000000454. The summed E-state index contributed by atoms with van der Waals surface area (Å²) < 4.78 is 9.35. The lowest BCUT2D eigenvalue weighted by Gasteiger charge is -2.01. The Morgan fingerprint density at radius 2 is 0.625 bits per heavy atom. The number of methoxy groups -OCH3 is 1. The lowest BCUT2D eigenvalue weighted by molar-refractivity contribution is -0.119. The molecule has 1 aliphatic rings. The minimum atomic E-state index is -0.400. The summed E-state index contributed by atoms with van der Waals surface area (Å²) in [5.41, 5.74) is 10.2. The summed E-state index contributed by atoms with van der Waals surface area (Å²) in [4.78, 5) is 56.9. The van der Waals surface area contributed by atoms with Crippen LogP contribution in [0.2, 0.25) is 0 Å². The van der Waals surface area contributed by atoms with Crippen molar-refractivity contribution in [1.82, 2.24) is 10.6 Å². The first-order chi connectivity index (χ1) is 55.5. The van der Waals surface area contributed by atoms with Crippen LogP contribution in [0.3, 0.4) is 0 Å². The summed E-state index contributed by atoms with van der Waals surface area (Å²) in [6.07, 6.45) is 20.1. The molecule has 120 heavy (non-hydrogen) atoms. The Morgan fingerprint density at radius 3 is 0.792 bits per heavy atom. The number of anilines is 1. The molecule has 0 spiro atoms. The average molecular weight is 2250 g/mol. The maximum atomic E-state index is 10.4.